The van der Waals surface area contributed by atoms with Crippen LogP contribution in [0.25, 0.3) is 6.08 Å². The Morgan fingerprint density at radius 3 is 1.88 bits per heavy atom. The fourth-order valence-electron chi connectivity index (χ4n) is 6.43. The summed E-state index contributed by atoms with van der Waals surface area (Å²) >= 11 is 0. The van der Waals surface area contributed by atoms with Gasteiger partial charge >= 0.3 is 5.97 Å². The van der Waals surface area contributed by atoms with Gasteiger partial charge in [-0.1, -0.05) is 103 Å². The standard InChI is InChI=1S/C34H26N2O4/c37-32-27-28(33(38)36(32)25-17-8-3-9-18-25)30(35-21-20-22-12-10-11-19-26(22)29(27)35)34(39)40-31(23-13-4-1-5-14-23)24-15-6-2-7-16-24/h1-21,27-31H. The van der Waals surface area contributed by atoms with E-state index in [1.807, 2.05) is 108 Å². The number of esters is 1. The molecule has 7 rings (SSSR count). The van der Waals surface area contributed by atoms with Crippen LogP contribution in [0.15, 0.2) is 121 Å². The minimum atomic E-state index is -0.959. The third-order valence-electron chi connectivity index (χ3n) is 8.16. The van der Waals surface area contributed by atoms with Gasteiger partial charge in [0.25, 0.3) is 0 Å². The minimum absolute atomic E-state index is 0.292. The van der Waals surface area contributed by atoms with Crippen molar-refractivity contribution in [3.05, 3.63) is 144 Å². The van der Waals surface area contributed by atoms with E-state index in [-0.39, 0.29) is 11.8 Å². The van der Waals surface area contributed by atoms with Gasteiger partial charge in [0.2, 0.25) is 11.8 Å². The van der Waals surface area contributed by atoms with Gasteiger partial charge in [-0.3, -0.25) is 9.59 Å². The van der Waals surface area contributed by atoms with E-state index in [2.05, 4.69) is 0 Å². The van der Waals surface area contributed by atoms with E-state index in [1.165, 1.54) is 4.90 Å². The minimum Gasteiger partial charge on any atom is -0.451 e. The molecule has 6 heteroatoms. The van der Waals surface area contributed by atoms with Crippen LogP contribution in [0.5, 0.6) is 0 Å². The fourth-order valence-corrected chi connectivity index (χ4v) is 6.43. The first-order chi connectivity index (χ1) is 19.6. The molecular formula is C34H26N2O4. The molecule has 0 aromatic heterocycles. The van der Waals surface area contributed by atoms with Crippen molar-refractivity contribution >= 4 is 29.5 Å². The van der Waals surface area contributed by atoms with Gasteiger partial charge in [-0.25, -0.2) is 9.69 Å². The fraction of sp³-hybridized carbons (Fsp3) is 0.147. The largest absolute Gasteiger partial charge is 0.451 e. The van der Waals surface area contributed by atoms with Gasteiger partial charge in [-0.15, -0.1) is 0 Å². The van der Waals surface area contributed by atoms with Crippen LogP contribution >= 0.6 is 0 Å². The summed E-state index contributed by atoms with van der Waals surface area (Å²) in [4.78, 5) is 45.4. The number of fused-ring (bicyclic) bond motifs is 5. The Morgan fingerprint density at radius 2 is 1.23 bits per heavy atom. The zero-order valence-electron chi connectivity index (χ0n) is 21.5. The Morgan fingerprint density at radius 1 is 0.675 bits per heavy atom. The summed E-state index contributed by atoms with van der Waals surface area (Å²) in [6.45, 7) is 0. The highest BCUT2D eigenvalue weighted by molar-refractivity contribution is 6.23. The Labute approximate surface area is 232 Å². The van der Waals surface area contributed by atoms with E-state index in [9.17, 15) is 14.4 Å². The molecule has 4 aromatic carbocycles. The van der Waals surface area contributed by atoms with Crippen molar-refractivity contribution in [2.24, 2.45) is 11.8 Å². The van der Waals surface area contributed by atoms with Gasteiger partial charge in [-0.05, 0) is 40.5 Å². The van der Waals surface area contributed by atoms with Crippen LogP contribution in [-0.4, -0.2) is 28.7 Å². The molecule has 3 aliphatic rings. The lowest BCUT2D eigenvalue weighted by atomic mass is 9.84. The normalized spacial score (nSPS) is 22.7. The van der Waals surface area contributed by atoms with E-state index in [1.54, 1.807) is 24.3 Å². The topological polar surface area (TPSA) is 66.9 Å². The lowest BCUT2D eigenvalue weighted by Gasteiger charge is -2.35. The predicted octanol–water partition coefficient (Wildman–Crippen LogP) is 5.53. The number of nitrogens with zero attached hydrogens (tertiary/aromatic N) is 2. The predicted molar refractivity (Wildman–Crippen MR) is 151 cm³/mol. The second-order valence-corrected chi connectivity index (χ2v) is 10.3. The summed E-state index contributed by atoms with van der Waals surface area (Å²) < 4.78 is 6.28. The average Bonchev–Trinajstić information content (AvgIpc) is 3.49. The van der Waals surface area contributed by atoms with Crippen molar-refractivity contribution in [1.29, 1.82) is 0 Å². The molecule has 3 aliphatic heterocycles. The first-order valence-corrected chi connectivity index (χ1v) is 13.4. The zero-order chi connectivity index (χ0) is 27.2. The molecule has 0 N–H and O–H groups in total. The first kappa shape index (κ1) is 24.1. The number of carbonyl (C=O) groups is 3. The number of amides is 2. The first-order valence-electron chi connectivity index (χ1n) is 13.4. The second-order valence-electron chi connectivity index (χ2n) is 10.3. The van der Waals surface area contributed by atoms with E-state index in [0.717, 1.165) is 22.3 Å². The molecule has 2 fully saturated rings. The number of para-hydroxylation sites is 1. The molecule has 2 saturated heterocycles. The summed E-state index contributed by atoms with van der Waals surface area (Å²) in [6.07, 6.45) is 3.11. The van der Waals surface area contributed by atoms with Crippen molar-refractivity contribution in [3.8, 4) is 0 Å². The summed E-state index contributed by atoms with van der Waals surface area (Å²) in [5, 5.41) is 0. The van der Waals surface area contributed by atoms with Crippen LogP contribution in [0.1, 0.15) is 34.4 Å². The SMILES string of the molecule is O=C(OC(c1ccccc1)c1ccccc1)C1C2C(=O)N(c3ccccc3)C(=O)C2C2c3ccccc3C=CN12. The molecule has 40 heavy (non-hydrogen) atoms. The molecule has 0 saturated carbocycles. The van der Waals surface area contributed by atoms with E-state index < -0.39 is 36.0 Å². The number of benzene rings is 4. The molecule has 0 aliphatic carbocycles. The number of hydrogen-bond acceptors (Lipinski definition) is 5. The van der Waals surface area contributed by atoms with Crippen LogP contribution in [0.3, 0.4) is 0 Å². The third-order valence-corrected chi connectivity index (χ3v) is 8.16. The number of ether oxygens (including phenoxy) is 1. The average molecular weight is 527 g/mol. The summed E-state index contributed by atoms with van der Waals surface area (Å²) in [7, 11) is 0. The quantitative estimate of drug-likeness (QED) is 0.253. The Bertz CT molecular complexity index is 1580. The van der Waals surface area contributed by atoms with Crippen molar-refractivity contribution in [1.82, 2.24) is 4.90 Å². The molecule has 196 valence electrons. The van der Waals surface area contributed by atoms with Gasteiger partial charge in [0.05, 0.1) is 23.6 Å². The monoisotopic (exact) mass is 526 g/mol. The molecule has 2 amide bonds. The molecule has 6 nitrogen and oxygen atoms in total. The molecule has 0 radical (unpaired) electrons. The van der Waals surface area contributed by atoms with Gasteiger partial charge in [0.1, 0.15) is 6.04 Å². The van der Waals surface area contributed by atoms with Gasteiger partial charge < -0.3 is 9.64 Å². The summed E-state index contributed by atoms with van der Waals surface area (Å²) in [5.74, 6) is -2.80. The number of rotatable bonds is 5. The van der Waals surface area contributed by atoms with Gasteiger partial charge in [0, 0.05) is 6.20 Å². The van der Waals surface area contributed by atoms with E-state index in [0.29, 0.717) is 5.69 Å². The molecule has 0 spiro atoms. The zero-order valence-corrected chi connectivity index (χ0v) is 21.5. The van der Waals surface area contributed by atoms with E-state index in [4.69, 9.17) is 4.74 Å². The molecule has 0 bridgehead atoms. The maximum absolute atomic E-state index is 14.2. The van der Waals surface area contributed by atoms with Crippen molar-refractivity contribution < 1.29 is 19.1 Å². The lowest BCUT2D eigenvalue weighted by Crippen LogP contribution is -2.45. The summed E-state index contributed by atoms with van der Waals surface area (Å²) in [6, 6.07) is 34.5. The maximum atomic E-state index is 14.2. The summed E-state index contributed by atoms with van der Waals surface area (Å²) in [5.41, 5.74) is 4.06. The smallest absolute Gasteiger partial charge is 0.330 e. The van der Waals surface area contributed by atoms with Crippen molar-refractivity contribution in [2.45, 2.75) is 18.2 Å². The van der Waals surface area contributed by atoms with Crippen molar-refractivity contribution in [2.75, 3.05) is 4.90 Å². The Balaban J connectivity index is 1.31. The van der Waals surface area contributed by atoms with Crippen LogP contribution in [0, 0.1) is 11.8 Å². The van der Waals surface area contributed by atoms with E-state index >= 15 is 0 Å². The molecule has 3 heterocycles. The molecular weight excluding hydrogens is 500 g/mol. The van der Waals surface area contributed by atoms with Crippen LogP contribution < -0.4 is 4.90 Å². The number of carbonyl (C=O) groups excluding carboxylic acids is 3. The Kier molecular flexibility index (Phi) is 5.81. The number of anilines is 1. The molecule has 4 atom stereocenters. The molecule has 4 aromatic rings. The number of imide groups is 1. The van der Waals surface area contributed by atoms with Gasteiger partial charge in [-0.2, -0.15) is 0 Å². The van der Waals surface area contributed by atoms with Crippen LogP contribution in [-0.2, 0) is 19.1 Å². The highest BCUT2D eigenvalue weighted by Gasteiger charge is 2.65. The number of hydrogen-bond donors (Lipinski definition) is 0. The maximum Gasteiger partial charge on any atom is 0.330 e. The molecule has 4 unspecified atom stereocenters. The van der Waals surface area contributed by atoms with Crippen LogP contribution in [0.4, 0.5) is 5.69 Å². The van der Waals surface area contributed by atoms with Gasteiger partial charge in [0.15, 0.2) is 6.10 Å². The highest BCUT2D eigenvalue weighted by atomic mass is 16.5. The van der Waals surface area contributed by atoms with Crippen molar-refractivity contribution in [3.63, 3.8) is 0 Å². The Hall–Kier alpha value is -4.97. The third kappa shape index (κ3) is 3.75. The second kappa shape index (κ2) is 9.65. The lowest BCUT2D eigenvalue weighted by molar-refractivity contribution is -0.155. The highest BCUT2D eigenvalue weighted by Crippen LogP contribution is 2.53. The van der Waals surface area contributed by atoms with Crippen LogP contribution in [0.2, 0.25) is 0 Å².